The first-order valence-corrected chi connectivity index (χ1v) is 6.63. The normalized spacial score (nSPS) is 12.1. The molecule has 0 saturated carbocycles. The van der Waals surface area contributed by atoms with Gasteiger partial charge in [-0.05, 0) is 12.5 Å². The van der Waals surface area contributed by atoms with Crippen molar-refractivity contribution in [3.05, 3.63) is 57.4 Å². The van der Waals surface area contributed by atoms with Crippen LogP contribution in [0.2, 0.25) is 0 Å². The Kier molecular flexibility index (Phi) is 4.52. The highest BCUT2D eigenvalue weighted by Gasteiger charge is 2.28. The first kappa shape index (κ1) is 15.6. The van der Waals surface area contributed by atoms with Crippen LogP contribution in [-0.2, 0) is 17.8 Å². The number of nitro groups is 1. The van der Waals surface area contributed by atoms with Gasteiger partial charge in [0.25, 0.3) is 0 Å². The summed E-state index contributed by atoms with van der Waals surface area (Å²) in [4.78, 5) is 21.6. The van der Waals surface area contributed by atoms with Gasteiger partial charge in [0.2, 0.25) is 0 Å². The number of aromatic nitrogens is 2. The molecule has 8 nitrogen and oxygen atoms in total. The molecule has 0 aliphatic heterocycles. The summed E-state index contributed by atoms with van der Waals surface area (Å²) in [7, 11) is 0. The zero-order chi connectivity index (χ0) is 16.3. The number of rotatable bonds is 6. The molecule has 116 valence electrons. The van der Waals surface area contributed by atoms with Crippen molar-refractivity contribution in [3.8, 4) is 0 Å². The van der Waals surface area contributed by atoms with Gasteiger partial charge < -0.3 is 10.8 Å². The fourth-order valence-electron chi connectivity index (χ4n) is 2.24. The van der Waals surface area contributed by atoms with Crippen LogP contribution < -0.4 is 5.73 Å². The Labute approximate surface area is 126 Å². The summed E-state index contributed by atoms with van der Waals surface area (Å²) in [6.45, 7) is 1.84. The maximum atomic E-state index is 11.2. The third kappa shape index (κ3) is 3.29. The number of aryl methyl sites for hydroxylation is 1. The molecule has 0 aliphatic carbocycles. The van der Waals surface area contributed by atoms with E-state index in [1.54, 1.807) is 0 Å². The maximum Gasteiger partial charge on any atom is 0.320 e. The minimum absolute atomic E-state index is 0.153. The van der Waals surface area contributed by atoms with Crippen molar-refractivity contribution in [3.63, 3.8) is 0 Å². The predicted octanol–water partition coefficient (Wildman–Crippen LogP) is 1.10. The lowest BCUT2D eigenvalue weighted by molar-refractivity contribution is -0.386. The average molecular weight is 304 g/mol. The van der Waals surface area contributed by atoms with Crippen molar-refractivity contribution >= 4 is 11.7 Å². The molecule has 1 heterocycles. The van der Waals surface area contributed by atoms with Crippen LogP contribution in [0.5, 0.6) is 0 Å². The number of nitrogens with two attached hydrogens (primary N) is 1. The molecule has 8 heteroatoms. The Balaban J connectivity index is 2.42. The van der Waals surface area contributed by atoms with E-state index in [-0.39, 0.29) is 23.5 Å². The molecule has 3 N–H and O–H groups in total. The third-order valence-corrected chi connectivity index (χ3v) is 3.29. The standard InChI is InChI=1S/C14H16N4O4/c1-9-13(18(21)22)12(7-11(15)14(19)20)17(16-9)8-10-5-3-2-4-6-10/h2-6,11H,7-8,15H2,1H3,(H,19,20)/t11-/m0/s1. The van der Waals surface area contributed by atoms with Crippen LogP contribution in [0.1, 0.15) is 17.0 Å². The van der Waals surface area contributed by atoms with Crippen molar-refractivity contribution in [1.29, 1.82) is 0 Å². The lowest BCUT2D eigenvalue weighted by Crippen LogP contribution is -2.33. The minimum Gasteiger partial charge on any atom is -0.480 e. The van der Waals surface area contributed by atoms with Crippen LogP contribution in [-0.4, -0.2) is 31.8 Å². The second-order valence-electron chi connectivity index (χ2n) is 4.93. The molecule has 1 aromatic heterocycles. The second-order valence-corrected chi connectivity index (χ2v) is 4.93. The zero-order valence-corrected chi connectivity index (χ0v) is 12.0. The number of carbonyl (C=O) groups is 1. The van der Waals surface area contributed by atoms with E-state index in [0.717, 1.165) is 5.56 Å². The third-order valence-electron chi connectivity index (χ3n) is 3.29. The van der Waals surface area contributed by atoms with E-state index in [2.05, 4.69) is 5.10 Å². The Morgan fingerprint density at radius 2 is 2.09 bits per heavy atom. The predicted molar refractivity (Wildman–Crippen MR) is 78.5 cm³/mol. The van der Waals surface area contributed by atoms with Crippen LogP contribution in [0.3, 0.4) is 0 Å². The van der Waals surface area contributed by atoms with Crippen LogP contribution >= 0.6 is 0 Å². The van der Waals surface area contributed by atoms with Crippen LogP contribution in [0.25, 0.3) is 0 Å². The highest BCUT2D eigenvalue weighted by molar-refractivity contribution is 5.73. The summed E-state index contributed by atoms with van der Waals surface area (Å²) in [5, 5.41) is 24.3. The lowest BCUT2D eigenvalue weighted by atomic mass is 10.1. The number of carboxylic acid groups (broad SMARTS) is 1. The van der Waals surface area contributed by atoms with Gasteiger partial charge in [0.1, 0.15) is 17.4 Å². The topological polar surface area (TPSA) is 124 Å². The molecule has 22 heavy (non-hydrogen) atoms. The fourth-order valence-corrected chi connectivity index (χ4v) is 2.24. The fraction of sp³-hybridized carbons (Fsp3) is 0.286. The minimum atomic E-state index is -1.22. The molecule has 0 radical (unpaired) electrons. The summed E-state index contributed by atoms with van der Waals surface area (Å²) in [6, 6.07) is 8.07. The van der Waals surface area contributed by atoms with E-state index < -0.39 is 16.9 Å². The maximum absolute atomic E-state index is 11.2. The van der Waals surface area contributed by atoms with Crippen molar-refractivity contribution in [2.24, 2.45) is 5.73 Å². The van der Waals surface area contributed by atoms with Gasteiger partial charge in [-0.15, -0.1) is 0 Å². The van der Waals surface area contributed by atoms with E-state index in [1.807, 2.05) is 30.3 Å². The molecule has 0 amide bonds. The van der Waals surface area contributed by atoms with Crippen LogP contribution in [0, 0.1) is 17.0 Å². The van der Waals surface area contributed by atoms with Gasteiger partial charge in [-0.1, -0.05) is 30.3 Å². The Bertz CT molecular complexity index is 696. The lowest BCUT2D eigenvalue weighted by Gasteiger charge is -2.09. The molecule has 0 bridgehead atoms. The summed E-state index contributed by atoms with van der Waals surface area (Å²) >= 11 is 0. The number of carboxylic acids is 1. The highest BCUT2D eigenvalue weighted by atomic mass is 16.6. The van der Waals surface area contributed by atoms with Crippen LogP contribution in [0.4, 0.5) is 5.69 Å². The number of aliphatic carboxylic acids is 1. The molecule has 0 unspecified atom stereocenters. The van der Waals surface area contributed by atoms with E-state index >= 15 is 0 Å². The Hall–Kier alpha value is -2.74. The summed E-state index contributed by atoms with van der Waals surface area (Å²) in [5.41, 5.74) is 6.73. The van der Waals surface area contributed by atoms with E-state index in [1.165, 1.54) is 11.6 Å². The highest BCUT2D eigenvalue weighted by Crippen LogP contribution is 2.25. The van der Waals surface area contributed by atoms with E-state index in [9.17, 15) is 14.9 Å². The molecule has 2 aromatic rings. The number of benzene rings is 1. The smallest absolute Gasteiger partial charge is 0.320 e. The average Bonchev–Trinajstić information content (AvgIpc) is 2.75. The monoisotopic (exact) mass is 304 g/mol. The molecule has 0 aliphatic rings. The summed E-state index contributed by atoms with van der Waals surface area (Å²) in [5.74, 6) is -1.21. The van der Waals surface area contributed by atoms with Gasteiger partial charge >= 0.3 is 11.7 Å². The van der Waals surface area contributed by atoms with Crippen molar-refractivity contribution in [2.45, 2.75) is 25.9 Å². The molecule has 2 rings (SSSR count). The second kappa shape index (κ2) is 6.35. The Morgan fingerprint density at radius 3 is 2.64 bits per heavy atom. The molecule has 1 aromatic carbocycles. The summed E-state index contributed by atoms with van der Waals surface area (Å²) < 4.78 is 1.45. The van der Waals surface area contributed by atoms with Gasteiger partial charge in [-0.25, -0.2) is 0 Å². The summed E-state index contributed by atoms with van der Waals surface area (Å²) in [6.07, 6.45) is -0.153. The van der Waals surface area contributed by atoms with Gasteiger partial charge in [-0.2, -0.15) is 5.10 Å². The molecule has 0 spiro atoms. The number of hydrogen-bond donors (Lipinski definition) is 2. The van der Waals surface area contributed by atoms with Gasteiger partial charge in [-0.3, -0.25) is 19.6 Å². The molecule has 0 fully saturated rings. The van der Waals surface area contributed by atoms with Crippen molar-refractivity contribution < 1.29 is 14.8 Å². The zero-order valence-electron chi connectivity index (χ0n) is 12.0. The molecule has 0 saturated heterocycles. The van der Waals surface area contributed by atoms with Gasteiger partial charge in [0.15, 0.2) is 0 Å². The Morgan fingerprint density at radius 1 is 1.45 bits per heavy atom. The van der Waals surface area contributed by atoms with Gasteiger partial charge in [0.05, 0.1) is 11.5 Å². The first-order chi connectivity index (χ1) is 10.4. The van der Waals surface area contributed by atoms with Crippen molar-refractivity contribution in [2.75, 3.05) is 0 Å². The largest absolute Gasteiger partial charge is 0.480 e. The van der Waals surface area contributed by atoms with Gasteiger partial charge in [0, 0.05) is 6.42 Å². The quantitative estimate of drug-likeness (QED) is 0.608. The van der Waals surface area contributed by atoms with Crippen LogP contribution in [0.15, 0.2) is 30.3 Å². The number of nitrogens with zero attached hydrogens (tertiary/aromatic N) is 3. The van der Waals surface area contributed by atoms with Crippen molar-refractivity contribution in [1.82, 2.24) is 9.78 Å². The number of hydrogen-bond acceptors (Lipinski definition) is 5. The van der Waals surface area contributed by atoms with E-state index in [0.29, 0.717) is 6.54 Å². The van der Waals surface area contributed by atoms with E-state index in [4.69, 9.17) is 10.8 Å². The SMILES string of the molecule is Cc1nn(Cc2ccccc2)c(C[C@H](N)C(=O)O)c1[N+](=O)[O-]. The first-order valence-electron chi connectivity index (χ1n) is 6.63. The molecular formula is C14H16N4O4. The molecular weight excluding hydrogens is 288 g/mol. The molecule has 1 atom stereocenters.